The Hall–Kier alpha value is -1.06. The molecular weight excluding hydrogens is 508 g/mol. The first-order valence-electron chi connectivity index (χ1n) is 18.5. The van der Waals surface area contributed by atoms with Crippen molar-refractivity contribution in [3.05, 3.63) is 0 Å². The van der Waals surface area contributed by atoms with Gasteiger partial charge in [-0.15, -0.1) is 0 Å². The molecule has 0 rings (SSSR count). The van der Waals surface area contributed by atoms with Crippen molar-refractivity contribution in [2.45, 2.75) is 226 Å². The van der Waals surface area contributed by atoms with Gasteiger partial charge in [-0.05, 0) is 12.8 Å². The minimum Gasteiger partial charge on any atom is -0.481 e. The summed E-state index contributed by atoms with van der Waals surface area (Å²) < 4.78 is 0. The van der Waals surface area contributed by atoms with E-state index in [-0.39, 0.29) is 0 Å². The Morgan fingerprint density at radius 2 is 0.439 bits per heavy atom. The van der Waals surface area contributed by atoms with Gasteiger partial charge in [-0.25, -0.2) is 0 Å². The Morgan fingerprint density at radius 1 is 0.293 bits per heavy atom. The highest BCUT2D eigenvalue weighted by Gasteiger charge is 1.98. The molecule has 0 amide bonds. The van der Waals surface area contributed by atoms with Gasteiger partial charge < -0.3 is 10.2 Å². The van der Waals surface area contributed by atoms with E-state index in [2.05, 4.69) is 13.8 Å². The molecule has 0 aromatic rings. The highest BCUT2D eigenvalue weighted by atomic mass is 16.4. The topological polar surface area (TPSA) is 74.6 Å². The molecule has 0 unspecified atom stereocenters. The van der Waals surface area contributed by atoms with E-state index < -0.39 is 11.9 Å². The molecule has 0 aliphatic carbocycles. The van der Waals surface area contributed by atoms with Gasteiger partial charge in [-0.1, -0.05) is 200 Å². The first-order valence-corrected chi connectivity index (χ1v) is 18.5. The summed E-state index contributed by atoms with van der Waals surface area (Å²) in [5.41, 5.74) is 0. The second-order valence-electron chi connectivity index (χ2n) is 12.5. The quantitative estimate of drug-likeness (QED) is 0.0755. The zero-order valence-corrected chi connectivity index (χ0v) is 28.0. The Morgan fingerprint density at radius 3 is 0.585 bits per heavy atom. The Labute approximate surface area is 257 Å². The molecule has 4 nitrogen and oxygen atoms in total. The minimum absolute atomic E-state index is 0.345. The van der Waals surface area contributed by atoms with Crippen molar-refractivity contribution >= 4 is 11.9 Å². The number of rotatable bonds is 33. The van der Waals surface area contributed by atoms with Gasteiger partial charge in [-0.2, -0.15) is 0 Å². The van der Waals surface area contributed by atoms with Crippen molar-refractivity contribution in [3.8, 4) is 0 Å². The molecular formula is C37H74O4. The highest BCUT2D eigenvalue weighted by molar-refractivity contribution is 5.66. The van der Waals surface area contributed by atoms with Gasteiger partial charge in [0.05, 0.1) is 0 Å². The summed E-state index contributed by atoms with van der Waals surface area (Å²) in [6.07, 6.45) is 41.9. The van der Waals surface area contributed by atoms with Crippen LogP contribution in [0.3, 0.4) is 0 Å². The van der Waals surface area contributed by atoms with Gasteiger partial charge >= 0.3 is 11.9 Å². The first kappa shape index (κ1) is 42.1. The summed E-state index contributed by atoms with van der Waals surface area (Å²) in [7, 11) is 0. The highest BCUT2D eigenvalue weighted by Crippen LogP contribution is 2.15. The fraction of sp³-hybridized carbons (Fsp3) is 0.946. The maximum Gasteiger partial charge on any atom is 0.303 e. The summed E-state index contributed by atoms with van der Waals surface area (Å²) in [4.78, 5) is 20.7. The van der Waals surface area contributed by atoms with Crippen LogP contribution in [0.1, 0.15) is 226 Å². The number of hydrogen-bond donors (Lipinski definition) is 2. The van der Waals surface area contributed by atoms with E-state index in [4.69, 9.17) is 10.2 Å². The molecule has 0 aromatic heterocycles. The van der Waals surface area contributed by atoms with Crippen LogP contribution in [0, 0.1) is 0 Å². The van der Waals surface area contributed by atoms with Crippen LogP contribution in [0.25, 0.3) is 0 Å². The van der Waals surface area contributed by atoms with Gasteiger partial charge in [0.1, 0.15) is 0 Å². The predicted molar refractivity (Wildman–Crippen MR) is 179 cm³/mol. The third kappa shape index (κ3) is 46.1. The van der Waals surface area contributed by atoms with Crippen LogP contribution in [-0.4, -0.2) is 22.2 Å². The Bertz CT molecular complexity index is 505. The fourth-order valence-corrected chi connectivity index (χ4v) is 5.47. The molecule has 4 heteroatoms. The zero-order valence-electron chi connectivity index (χ0n) is 28.0. The number of carboxylic acid groups (broad SMARTS) is 2. The molecule has 246 valence electrons. The third-order valence-electron chi connectivity index (χ3n) is 8.24. The molecule has 0 spiro atoms. The van der Waals surface area contributed by atoms with E-state index in [0.29, 0.717) is 12.8 Å². The summed E-state index contributed by atoms with van der Waals surface area (Å²) in [6, 6.07) is 0. The minimum atomic E-state index is -0.655. The molecule has 0 aliphatic heterocycles. The van der Waals surface area contributed by atoms with Gasteiger partial charge in [0.15, 0.2) is 0 Å². The normalized spacial score (nSPS) is 10.9. The van der Waals surface area contributed by atoms with E-state index in [1.165, 1.54) is 173 Å². The summed E-state index contributed by atoms with van der Waals surface area (Å²) >= 11 is 0. The molecule has 0 bridgehead atoms. The second kappa shape index (κ2) is 38.9. The van der Waals surface area contributed by atoms with E-state index in [0.717, 1.165) is 25.7 Å². The van der Waals surface area contributed by atoms with Crippen molar-refractivity contribution in [3.63, 3.8) is 0 Å². The number of carboxylic acids is 2. The smallest absolute Gasteiger partial charge is 0.303 e. The maximum absolute atomic E-state index is 10.4. The van der Waals surface area contributed by atoms with Crippen molar-refractivity contribution in [1.29, 1.82) is 0 Å². The van der Waals surface area contributed by atoms with Crippen LogP contribution in [0.4, 0.5) is 0 Å². The fourth-order valence-electron chi connectivity index (χ4n) is 5.47. The van der Waals surface area contributed by atoms with Crippen molar-refractivity contribution in [1.82, 2.24) is 0 Å². The van der Waals surface area contributed by atoms with Crippen LogP contribution in [0.5, 0.6) is 0 Å². The van der Waals surface area contributed by atoms with E-state index in [1.807, 2.05) is 0 Å². The number of unbranched alkanes of at least 4 members (excludes halogenated alkanes) is 29. The van der Waals surface area contributed by atoms with Crippen LogP contribution in [0.15, 0.2) is 0 Å². The number of carbonyl (C=O) groups is 2. The molecule has 0 saturated carbocycles. The lowest BCUT2D eigenvalue weighted by Crippen LogP contribution is -1.93. The first-order chi connectivity index (χ1) is 20.0. The Balaban J connectivity index is 0. The largest absolute Gasteiger partial charge is 0.481 e. The molecule has 0 saturated heterocycles. The zero-order chi connectivity index (χ0) is 30.5. The van der Waals surface area contributed by atoms with Crippen LogP contribution < -0.4 is 0 Å². The van der Waals surface area contributed by atoms with Gasteiger partial charge in [0.2, 0.25) is 0 Å². The molecule has 0 radical (unpaired) electrons. The van der Waals surface area contributed by atoms with E-state index in [1.54, 1.807) is 0 Å². The summed E-state index contributed by atoms with van der Waals surface area (Å²) in [6.45, 7) is 4.54. The average Bonchev–Trinajstić information content (AvgIpc) is 2.95. The lowest BCUT2D eigenvalue weighted by Gasteiger charge is -2.03. The van der Waals surface area contributed by atoms with Crippen molar-refractivity contribution in [2.75, 3.05) is 0 Å². The molecule has 0 aromatic carbocycles. The molecule has 0 atom stereocenters. The molecule has 0 aliphatic rings. The van der Waals surface area contributed by atoms with E-state index >= 15 is 0 Å². The summed E-state index contributed by atoms with van der Waals surface area (Å²) in [5.74, 6) is -1.31. The lowest BCUT2D eigenvalue weighted by molar-refractivity contribution is -0.138. The van der Waals surface area contributed by atoms with E-state index in [9.17, 15) is 9.59 Å². The van der Waals surface area contributed by atoms with Crippen LogP contribution in [0.2, 0.25) is 0 Å². The number of hydrogen-bond acceptors (Lipinski definition) is 2. The van der Waals surface area contributed by atoms with Gasteiger partial charge in [0.25, 0.3) is 0 Å². The predicted octanol–water partition coefficient (Wildman–Crippen LogP) is 13.1. The van der Waals surface area contributed by atoms with Crippen molar-refractivity contribution < 1.29 is 19.8 Å². The average molecular weight is 583 g/mol. The van der Waals surface area contributed by atoms with Gasteiger partial charge in [-0.3, -0.25) is 9.59 Å². The maximum atomic E-state index is 10.4. The number of aliphatic carboxylic acids is 2. The SMILES string of the molecule is CCCCCCCCCCCCCCC(=O)O.CCCCCCCCCCCCCCCCCCCCCC(=O)O. The third-order valence-corrected chi connectivity index (χ3v) is 8.24. The lowest BCUT2D eigenvalue weighted by atomic mass is 10.0. The molecule has 41 heavy (non-hydrogen) atoms. The standard InChI is InChI=1S/C22H44O2.C15H30O2/c1-2-3-4-5-6-7-8-9-10-11-12-13-14-15-16-17-18-19-20-21-22(23)24;1-2-3-4-5-6-7-8-9-10-11-12-13-14-15(16)17/h2-21H2,1H3,(H,23,24);2-14H2,1H3,(H,16,17). The van der Waals surface area contributed by atoms with Gasteiger partial charge in [0, 0.05) is 12.8 Å². The molecule has 0 fully saturated rings. The van der Waals surface area contributed by atoms with Crippen LogP contribution >= 0.6 is 0 Å². The van der Waals surface area contributed by atoms with Crippen molar-refractivity contribution in [2.24, 2.45) is 0 Å². The van der Waals surface area contributed by atoms with Crippen LogP contribution in [-0.2, 0) is 9.59 Å². The molecule has 0 heterocycles. The second-order valence-corrected chi connectivity index (χ2v) is 12.5. The molecule has 2 N–H and O–H groups in total. The summed E-state index contributed by atoms with van der Waals surface area (Å²) in [5, 5.41) is 17.0. The Kier molecular flexibility index (Phi) is 40.0. The monoisotopic (exact) mass is 583 g/mol.